The van der Waals surface area contributed by atoms with Crippen molar-refractivity contribution in [2.45, 2.75) is 37.6 Å². The number of rotatable bonds is 7. The normalized spacial score (nSPS) is 28.4. The van der Waals surface area contributed by atoms with Crippen LogP contribution in [-0.4, -0.2) is 52.0 Å². The van der Waals surface area contributed by atoms with Crippen LogP contribution < -0.4 is 4.74 Å². The molecule has 0 spiro atoms. The van der Waals surface area contributed by atoms with Gasteiger partial charge in [0.05, 0.1) is 25.7 Å². The van der Waals surface area contributed by atoms with Crippen LogP contribution in [0.25, 0.3) is 10.9 Å². The molecule has 3 saturated heterocycles. The van der Waals surface area contributed by atoms with E-state index in [2.05, 4.69) is 29.8 Å². The summed E-state index contributed by atoms with van der Waals surface area (Å²) < 4.78 is 6.11. The lowest BCUT2D eigenvalue weighted by Gasteiger charge is -2.58. The molecule has 1 aromatic heterocycles. The average molecular weight is 446 g/mol. The second-order valence-corrected chi connectivity index (χ2v) is 9.74. The average Bonchev–Trinajstić information content (AvgIpc) is 2.87. The lowest BCUT2D eigenvalue weighted by Crippen LogP contribution is -2.69. The van der Waals surface area contributed by atoms with Crippen molar-refractivity contribution < 1.29 is 19.4 Å². The Morgan fingerprint density at radius 1 is 1.15 bits per heavy atom. The molecule has 2 unspecified atom stereocenters. The Labute approximate surface area is 195 Å². The second kappa shape index (κ2) is 8.90. The van der Waals surface area contributed by atoms with Crippen LogP contribution in [0.3, 0.4) is 0 Å². The van der Waals surface area contributed by atoms with Gasteiger partial charge in [0, 0.05) is 35.9 Å². The first-order valence-electron chi connectivity index (χ1n) is 11.9. The molecule has 3 fully saturated rings. The van der Waals surface area contributed by atoms with Gasteiger partial charge in [-0.1, -0.05) is 24.3 Å². The minimum atomic E-state index is -0.963. The molecule has 2 bridgehead atoms. The Bertz CT molecular complexity index is 1130. The van der Waals surface area contributed by atoms with Gasteiger partial charge in [0.1, 0.15) is 30.5 Å². The number of hydrogen-bond acceptors (Lipinski definition) is 4. The zero-order valence-electron chi connectivity index (χ0n) is 19.2. The predicted molar refractivity (Wildman–Crippen MR) is 130 cm³/mol. The van der Waals surface area contributed by atoms with Crippen molar-refractivity contribution in [1.29, 1.82) is 0 Å². The highest BCUT2D eigenvalue weighted by Crippen LogP contribution is 2.46. The van der Waals surface area contributed by atoms with Crippen LogP contribution in [0.5, 0.6) is 5.75 Å². The molecule has 5 nitrogen and oxygen atoms in total. The van der Waals surface area contributed by atoms with E-state index in [4.69, 9.17) is 4.74 Å². The van der Waals surface area contributed by atoms with Crippen molar-refractivity contribution in [1.82, 2.24) is 4.98 Å². The van der Waals surface area contributed by atoms with Crippen LogP contribution in [0.2, 0.25) is 0 Å². The van der Waals surface area contributed by atoms with Crippen molar-refractivity contribution >= 4 is 10.9 Å². The maximum absolute atomic E-state index is 11.6. The van der Waals surface area contributed by atoms with E-state index in [1.54, 1.807) is 13.3 Å². The molecule has 0 aliphatic carbocycles. The molecule has 0 radical (unpaired) electrons. The predicted octanol–water partition coefficient (Wildman–Crippen LogP) is 4.25. The molecule has 3 aliphatic rings. The molecule has 6 atom stereocenters. The van der Waals surface area contributed by atoms with Crippen LogP contribution in [0.1, 0.15) is 30.1 Å². The summed E-state index contributed by atoms with van der Waals surface area (Å²) in [5.74, 6) is 1.80. The summed E-state index contributed by atoms with van der Waals surface area (Å²) in [5.41, 5.74) is 2.80. The monoisotopic (exact) mass is 445 g/mol. The fraction of sp³-hybridized carbons (Fsp3) is 0.393. The topological polar surface area (TPSA) is 62.6 Å². The van der Waals surface area contributed by atoms with Gasteiger partial charge in [0.2, 0.25) is 0 Å². The number of hydrogen-bond donors (Lipinski definition) is 2. The van der Waals surface area contributed by atoms with Gasteiger partial charge in [-0.3, -0.25) is 4.98 Å². The lowest BCUT2D eigenvalue weighted by molar-refractivity contribution is -0.984. The van der Waals surface area contributed by atoms with E-state index < -0.39 is 12.2 Å². The maximum atomic E-state index is 11.6. The number of para-hydroxylation sites is 1. The minimum Gasteiger partial charge on any atom is -0.497 e. The molecule has 4 heterocycles. The number of aliphatic hydroxyl groups is 2. The summed E-state index contributed by atoms with van der Waals surface area (Å²) in [6.07, 6.45) is 4.02. The molecule has 6 rings (SSSR count). The SMILES string of the molecule is C=CC1C[N@+]2(Cc3ccc(OC)cc3)CC[C@H]1C[C@@H]2[C@H](O)C(O)c1ccnc2ccccc12. The van der Waals surface area contributed by atoms with E-state index in [-0.39, 0.29) is 6.04 Å². The quantitative estimate of drug-likeness (QED) is 0.422. The zero-order chi connectivity index (χ0) is 23.0. The van der Waals surface area contributed by atoms with Crippen LogP contribution in [0.15, 0.2) is 73.4 Å². The third-order valence-electron chi connectivity index (χ3n) is 8.05. The highest BCUT2D eigenvalue weighted by atomic mass is 16.5. The van der Waals surface area contributed by atoms with Crippen LogP contribution in [0, 0.1) is 11.8 Å². The van der Waals surface area contributed by atoms with Crippen LogP contribution >= 0.6 is 0 Å². The van der Waals surface area contributed by atoms with E-state index in [0.717, 1.165) is 59.2 Å². The van der Waals surface area contributed by atoms with Gasteiger partial charge in [-0.25, -0.2) is 0 Å². The van der Waals surface area contributed by atoms with Crippen molar-refractivity contribution in [2.75, 3.05) is 20.2 Å². The zero-order valence-corrected chi connectivity index (χ0v) is 19.2. The standard InChI is InChI=1S/C28H33N2O3/c1-3-20-18-30(17-19-8-10-22(33-2)11-9-19)15-13-21(20)16-26(30)28(32)27(31)24-12-14-29-25-7-5-4-6-23(24)25/h3-12,14,20-21,26-28,31-32H,1,13,15-18H2,2H3/q+1/t20?,21-,26+,27?,28-,30+/m0/s1. The molecule has 172 valence electrons. The number of piperidine rings is 3. The largest absolute Gasteiger partial charge is 0.497 e. The van der Waals surface area contributed by atoms with E-state index >= 15 is 0 Å². The Morgan fingerprint density at radius 3 is 2.70 bits per heavy atom. The molecular formula is C28H33N2O3+. The highest BCUT2D eigenvalue weighted by Gasteiger charge is 2.54. The molecule has 2 aromatic carbocycles. The minimum absolute atomic E-state index is 0.0380. The van der Waals surface area contributed by atoms with Gasteiger partial charge >= 0.3 is 0 Å². The fourth-order valence-corrected chi connectivity index (χ4v) is 6.28. The van der Waals surface area contributed by atoms with Crippen molar-refractivity contribution in [3.8, 4) is 5.75 Å². The third kappa shape index (κ3) is 3.95. The molecule has 3 aliphatic heterocycles. The maximum Gasteiger partial charge on any atom is 0.136 e. The summed E-state index contributed by atoms with van der Waals surface area (Å²) in [7, 11) is 1.68. The number of pyridine rings is 1. The number of nitrogens with zero attached hydrogens (tertiary/aromatic N) is 2. The number of fused-ring (bicyclic) bond motifs is 4. The highest BCUT2D eigenvalue weighted by molar-refractivity contribution is 5.82. The number of benzene rings is 2. The summed E-state index contributed by atoms with van der Waals surface area (Å²) in [4.78, 5) is 4.42. The Kier molecular flexibility index (Phi) is 5.95. The molecule has 2 N–H and O–H groups in total. The number of aromatic nitrogens is 1. The number of aliphatic hydroxyl groups excluding tert-OH is 2. The van der Waals surface area contributed by atoms with E-state index in [1.807, 2.05) is 42.5 Å². The van der Waals surface area contributed by atoms with E-state index in [0.29, 0.717) is 11.8 Å². The number of quaternary nitrogens is 1. The van der Waals surface area contributed by atoms with Gasteiger partial charge in [0.25, 0.3) is 0 Å². The molecule has 33 heavy (non-hydrogen) atoms. The van der Waals surface area contributed by atoms with Crippen LogP contribution in [-0.2, 0) is 6.54 Å². The van der Waals surface area contributed by atoms with Crippen molar-refractivity contribution in [3.05, 3.63) is 84.6 Å². The molecule has 0 amide bonds. The fourth-order valence-electron chi connectivity index (χ4n) is 6.28. The lowest BCUT2D eigenvalue weighted by atomic mass is 9.71. The molecule has 3 aromatic rings. The summed E-state index contributed by atoms with van der Waals surface area (Å²) in [6, 6.07) is 17.8. The van der Waals surface area contributed by atoms with Gasteiger partial charge in [-0.2, -0.15) is 0 Å². The van der Waals surface area contributed by atoms with Gasteiger partial charge < -0.3 is 19.4 Å². The summed E-state index contributed by atoms with van der Waals surface area (Å²) in [6.45, 7) is 6.89. The first kappa shape index (κ1) is 22.1. The number of methoxy groups -OCH3 is 1. The van der Waals surface area contributed by atoms with Gasteiger partial charge in [-0.05, 0) is 47.9 Å². The Morgan fingerprint density at radius 2 is 1.94 bits per heavy atom. The number of ether oxygens (including phenoxy) is 1. The second-order valence-electron chi connectivity index (χ2n) is 9.74. The first-order chi connectivity index (χ1) is 16.0. The Hall–Kier alpha value is -2.73. The van der Waals surface area contributed by atoms with E-state index in [1.165, 1.54) is 5.56 Å². The molecule has 5 heteroatoms. The Balaban J connectivity index is 1.48. The van der Waals surface area contributed by atoms with Gasteiger partial charge in [-0.15, -0.1) is 6.58 Å². The summed E-state index contributed by atoms with van der Waals surface area (Å²) in [5, 5.41) is 23.9. The van der Waals surface area contributed by atoms with Crippen molar-refractivity contribution in [2.24, 2.45) is 11.8 Å². The van der Waals surface area contributed by atoms with Crippen molar-refractivity contribution in [3.63, 3.8) is 0 Å². The molecular weight excluding hydrogens is 412 g/mol. The van der Waals surface area contributed by atoms with Gasteiger partial charge in [0.15, 0.2) is 0 Å². The smallest absolute Gasteiger partial charge is 0.136 e. The third-order valence-corrected chi connectivity index (χ3v) is 8.05. The summed E-state index contributed by atoms with van der Waals surface area (Å²) >= 11 is 0. The molecule has 0 saturated carbocycles. The van der Waals surface area contributed by atoms with Crippen LogP contribution in [0.4, 0.5) is 0 Å². The van der Waals surface area contributed by atoms with E-state index in [9.17, 15) is 10.2 Å². The first-order valence-corrected chi connectivity index (χ1v) is 11.9.